The third-order valence-electron chi connectivity index (χ3n) is 4.20. The molecule has 1 aromatic rings. The number of piperazine rings is 1. The van der Waals surface area contributed by atoms with E-state index in [1.165, 1.54) is 6.07 Å². The monoisotopic (exact) mass is 301 g/mol. The Bertz CT molecular complexity index is 475. The largest absolute Gasteiger partial charge is 0.416 e. The molecule has 0 amide bonds. The lowest BCUT2D eigenvalue weighted by Crippen LogP contribution is -2.54. The zero-order valence-corrected chi connectivity index (χ0v) is 12.6. The number of likely N-dealkylation sites (N-methyl/N-ethyl adjacent to an activating group) is 3. The molecular weight excluding hydrogens is 279 g/mol. The standard InChI is InChI=1S/C15H22F3N3/c1-19-14(13-10-20(2)8-9-21(13)3)11-6-4-5-7-12(11)15(16,17)18/h4-7,13-14,19H,8-10H2,1-3H3. The number of benzene rings is 1. The minimum Gasteiger partial charge on any atom is -0.312 e. The minimum atomic E-state index is -4.33. The molecule has 1 heterocycles. The van der Waals surface area contributed by atoms with Crippen LogP contribution in [0.15, 0.2) is 24.3 Å². The Labute approximate surface area is 123 Å². The molecule has 1 fully saturated rings. The number of alkyl halides is 3. The highest BCUT2D eigenvalue weighted by molar-refractivity contribution is 5.33. The van der Waals surface area contributed by atoms with Gasteiger partial charge in [-0.05, 0) is 32.8 Å². The Kier molecular flexibility index (Phi) is 4.91. The average Bonchev–Trinajstić information content (AvgIpc) is 2.43. The van der Waals surface area contributed by atoms with Crippen molar-refractivity contribution in [1.29, 1.82) is 0 Å². The van der Waals surface area contributed by atoms with E-state index in [-0.39, 0.29) is 12.1 Å². The van der Waals surface area contributed by atoms with E-state index in [2.05, 4.69) is 15.1 Å². The van der Waals surface area contributed by atoms with E-state index < -0.39 is 11.7 Å². The van der Waals surface area contributed by atoms with Crippen LogP contribution in [0, 0.1) is 0 Å². The van der Waals surface area contributed by atoms with Crippen LogP contribution in [-0.4, -0.2) is 56.6 Å². The van der Waals surface area contributed by atoms with E-state index in [1.54, 1.807) is 19.2 Å². The first-order valence-electron chi connectivity index (χ1n) is 7.06. The summed E-state index contributed by atoms with van der Waals surface area (Å²) in [4.78, 5) is 4.29. The van der Waals surface area contributed by atoms with Crippen molar-refractivity contribution in [2.45, 2.75) is 18.3 Å². The lowest BCUT2D eigenvalue weighted by Gasteiger charge is -2.42. The molecule has 0 saturated carbocycles. The summed E-state index contributed by atoms with van der Waals surface area (Å²) in [5.74, 6) is 0. The maximum absolute atomic E-state index is 13.2. The van der Waals surface area contributed by atoms with Crippen molar-refractivity contribution in [1.82, 2.24) is 15.1 Å². The fourth-order valence-corrected chi connectivity index (χ4v) is 2.99. The van der Waals surface area contributed by atoms with Gasteiger partial charge in [-0.3, -0.25) is 4.90 Å². The number of hydrogen-bond donors (Lipinski definition) is 1. The summed E-state index contributed by atoms with van der Waals surface area (Å²) in [5, 5.41) is 3.08. The minimum absolute atomic E-state index is 0.0113. The third kappa shape index (κ3) is 3.56. The van der Waals surface area contributed by atoms with E-state index in [9.17, 15) is 13.2 Å². The summed E-state index contributed by atoms with van der Waals surface area (Å²) in [5.41, 5.74) is -0.231. The average molecular weight is 301 g/mol. The highest BCUT2D eigenvalue weighted by Gasteiger charge is 2.38. The Morgan fingerprint density at radius 2 is 1.86 bits per heavy atom. The number of nitrogens with one attached hydrogen (secondary N) is 1. The van der Waals surface area contributed by atoms with Gasteiger partial charge in [0.15, 0.2) is 0 Å². The van der Waals surface area contributed by atoms with Crippen LogP contribution in [0.3, 0.4) is 0 Å². The van der Waals surface area contributed by atoms with E-state index >= 15 is 0 Å². The van der Waals surface area contributed by atoms with Crippen molar-refractivity contribution in [3.63, 3.8) is 0 Å². The highest BCUT2D eigenvalue weighted by atomic mass is 19.4. The molecule has 0 aromatic heterocycles. The van der Waals surface area contributed by atoms with Crippen molar-refractivity contribution >= 4 is 0 Å². The molecule has 21 heavy (non-hydrogen) atoms. The van der Waals surface area contributed by atoms with Crippen LogP contribution in [0.4, 0.5) is 13.2 Å². The van der Waals surface area contributed by atoms with Crippen LogP contribution >= 0.6 is 0 Å². The second kappa shape index (κ2) is 6.34. The maximum Gasteiger partial charge on any atom is 0.416 e. The molecule has 118 valence electrons. The van der Waals surface area contributed by atoms with Gasteiger partial charge in [-0.2, -0.15) is 13.2 Å². The van der Waals surface area contributed by atoms with Gasteiger partial charge < -0.3 is 10.2 Å². The zero-order valence-electron chi connectivity index (χ0n) is 12.6. The molecule has 0 radical (unpaired) electrons. The first-order chi connectivity index (χ1) is 9.84. The molecule has 1 saturated heterocycles. The van der Waals surface area contributed by atoms with Gasteiger partial charge in [-0.15, -0.1) is 0 Å². The van der Waals surface area contributed by atoms with Gasteiger partial charge in [0.25, 0.3) is 0 Å². The van der Waals surface area contributed by atoms with Crippen molar-refractivity contribution in [2.75, 3.05) is 40.8 Å². The van der Waals surface area contributed by atoms with Crippen LogP contribution in [0.2, 0.25) is 0 Å². The topological polar surface area (TPSA) is 18.5 Å². The van der Waals surface area contributed by atoms with Crippen LogP contribution in [0.1, 0.15) is 17.2 Å². The van der Waals surface area contributed by atoms with Crippen molar-refractivity contribution in [3.05, 3.63) is 35.4 Å². The van der Waals surface area contributed by atoms with Crippen molar-refractivity contribution < 1.29 is 13.2 Å². The van der Waals surface area contributed by atoms with Crippen LogP contribution in [0.25, 0.3) is 0 Å². The smallest absolute Gasteiger partial charge is 0.312 e. The summed E-state index contributed by atoms with van der Waals surface area (Å²) in [7, 11) is 5.70. The summed E-state index contributed by atoms with van der Waals surface area (Å²) in [6.07, 6.45) is -4.33. The number of hydrogen-bond acceptors (Lipinski definition) is 3. The van der Waals surface area contributed by atoms with E-state index in [1.807, 2.05) is 14.1 Å². The predicted molar refractivity (Wildman–Crippen MR) is 77.2 cm³/mol. The Hall–Kier alpha value is -1.11. The summed E-state index contributed by atoms with van der Waals surface area (Å²) in [6, 6.07) is 5.50. The van der Waals surface area contributed by atoms with Gasteiger partial charge in [-0.25, -0.2) is 0 Å². The van der Waals surface area contributed by atoms with Gasteiger partial charge in [0.2, 0.25) is 0 Å². The van der Waals surface area contributed by atoms with Crippen molar-refractivity contribution in [2.24, 2.45) is 0 Å². The quantitative estimate of drug-likeness (QED) is 0.923. The van der Waals surface area contributed by atoms with Gasteiger partial charge in [0.1, 0.15) is 0 Å². The molecule has 1 aliphatic rings. The van der Waals surface area contributed by atoms with Crippen LogP contribution in [-0.2, 0) is 6.18 Å². The zero-order chi connectivity index (χ0) is 15.6. The Balaban J connectivity index is 2.37. The summed E-state index contributed by atoms with van der Waals surface area (Å²) in [6.45, 7) is 2.53. The molecule has 3 nitrogen and oxygen atoms in total. The Morgan fingerprint density at radius 1 is 1.19 bits per heavy atom. The Morgan fingerprint density at radius 3 is 2.48 bits per heavy atom. The van der Waals surface area contributed by atoms with E-state index in [0.717, 1.165) is 25.7 Å². The number of rotatable bonds is 3. The molecule has 2 rings (SSSR count). The second-order valence-electron chi connectivity index (χ2n) is 5.66. The third-order valence-corrected chi connectivity index (χ3v) is 4.20. The molecule has 0 spiro atoms. The second-order valence-corrected chi connectivity index (χ2v) is 5.66. The normalized spacial score (nSPS) is 23.2. The van der Waals surface area contributed by atoms with Gasteiger partial charge in [0, 0.05) is 31.7 Å². The lowest BCUT2D eigenvalue weighted by molar-refractivity contribution is -0.138. The van der Waals surface area contributed by atoms with Crippen LogP contribution < -0.4 is 5.32 Å². The lowest BCUT2D eigenvalue weighted by atomic mass is 9.92. The molecule has 6 heteroatoms. The highest BCUT2D eigenvalue weighted by Crippen LogP contribution is 2.36. The van der Waals surface area contributed by atoms with Crippen LogP contribution in [0.5, 0.6) is 0 Å². The van der Waals surface area contributed by atoms with Crippen molar-refractivity contribution in [3.8, 4) is 0 Å². The molecular formula is C15H22F3N3. The first kappa shape index (κ1) is 16.3. The summed E-state index contributed by atoms with van der Waals surface area (Å²) < 4.78 is 39.7. The predicted octanol–water partition coefficient (Wildman–Crippen LogP) is 2.21. The molecule has 1 N–H and O–H groups in total. The van der Waals surface area contributed by atoms with Gasteiger partial charge >= 0.3 is 6.18 Å². The molecule has 0 bridgehead atoms. The fourth-order valence-electron chi connectivity index (χ4n) is 2.99. The van der Waals surface area contributed by atoms with E-state index in [0.29, 0.717) is 5.56 Å². The van der Waals surface area contributed by atoms with Gasteiger partial charge in [-0.1, -0.05) is 18.2 Å². The maximum atomic E-state index is 13.2. The fraction of sp³-hybridized carbons (Fsp3) is 0.600. The van der Waals surface area contributed by atoms with Gasteiger partial charge in [0.05, 0.1) is 5.56 Å². The molecule has 2 atom stereocenters. The summed E-state index contributed by atoms with van der Waals surface area (Å²) >= 11 is 0. The molecule has 1 aliphatic heterocycles. The van der Waals surface area contributed by atoms with E-state index in [4.69, 9.17) is 0 Å². The molecule has 2 unspecified atom stereocenters. The molecule has 0 aliphatic carbocycles. The first-order valence-corrected chi connectivity index (χ1v) is 7.06. The number of nitrogens with zero attached hydrogens (tertiary/aromatic N) is 2. The molecule has 1 aromatic carbocycles. The SMILES string of the molecule is CNC(c1ccccc1C(F)(F)F)C1CN(C)CCN1C. The number of halogens is 3.